The minimum atomic E-state index is -4.36. The van der Waals surface area contributed by atoms with Crippen molar-refractivity contribution in [2.24, 2.45) is 0 Å². The molecular weight excluding hydrogens is 247 g/mol. The second-order valence-electron chi connectivity index (χ2n) is 4.60. The summed E-state index contributed by atoms with van der Waals surface area (Å²) >= 11 is 0. The van der Waals surface area contributed by atoms with Crippen LogP contribution in [0.3, 0.4) is 0 Å². The molecule has 1 amide bonds. The highest BCUT2D eigenvalue weighted by atomic mass is 19.4. The van der Waals surface area contributed by atoms with Crippen LogP contribution in [-0.2, 0) is 4.79 Å². The zero-order chi connectivity index (χ0) is 13.8. The number of hydrogen-bond acceptors (Lipinski definition) is 3. The Labute approximate surface area is 105 Å². The predicted molar refractivity (Wildman–Crippen MR) is 62.2 cm³/mol. The van der Waals surface area contributed by atoms with Crippen LogP contribution in [0.4, 0.5) is 13.2 Å². The fourth-order valence-electron chi connectivity index (χ4n) is 2.31. The summed E-state index contributed by atoms with van der Waals surface area (Å²) in [6, 6.07) is -0.296. The Hall–Kier alpha value is -0.820. The van der Waals surface area contributed by atoms with Crippen molar-refractivity contribution >= 4 is 5.91 Å². The zero-order valence-electron chi connectivity index (χ0n) is 10.7. The second kappa shape index (κ2) is 6.38. The molecule has 2 atom stereocenters. The van der Waals surface area contributed by atoms with Gasteiger partial charge >= 0.3 is 6.18 Å². The van der Waals surface area contributed by atoms with Crippen LogP contribution in [0.15, 0.2) is 0 Å². The van der Waals surface area contributed by atoms with E-state index in [9.17, 15) is 18.0 Å². The van der Waals surface area contributed by atoms with Crippen molar-refractivity contribution in [1.82, 2.24) is 15.5 Å². The van der Waals surface area contributed by atoms with Gasteiger partial charge in [-0.3, -0.25) is 9.69 Å². The molecule has 1 aliphatic heterocycles. The molecule has 7 heteroatoms. The number of likely N-dealkylation sites (tertiary alicyclic amines) is 1. The van der Waals surface area contributed by atoms with Crippen LogP contribution in [0.2, 0.25) is 0 Å². The normalized spacial score (nSPS) is 23.1. The summed E-state index contributed by atoms with van der Waals surface area (Å²) in [5.41, 5.74) is 0. The van der Waals surface area contributed by atoms with Gasteiger partial charge in [0.25, 0.3) is 0 Å². The number of nitrogens with one attached hydrogen (secondary N) is 2. The average Bonchev–Trinajstić information content (AvgIpc) is 2.72. The summed E-state index contributed by atoms with van der Waals surface area (Å²) in [5.74, 6) is -0.560. The number of nitrogens with zero attached hydrogens (tertiary/aromatic N) is 1. The maximum Gasteiger partial charge on any atom is 0.405 e. The van der Waals surface area contributed by atoms with Gasteiger partial charge in [0.1, 0.15) is 6.54 Å². The van der Waals surface area contributed by atoms with E-state index in [0.717, 1.165) is 25.9 Å². The maximum absolute atomic E-state index is 12.0. The number of alkyl halides is 3. The van der Waals surface area contributed by atoms with E-state index in [2.05, 4.69) is 5.32 Å². The van der Waals surface area contributed by atoms with Crippen molar-refractivity contribution in [2.45, 2.75) is 38.0 Å². The smallest absolute Gasteiger partial charge is 0.346 e. The van der Waals surface area contributed by atoms with Crippen LogP contribution in [0.1, 0.15) is 19.8 Å². The molecular formula is C11H20F3N3O. The van der Waals surface area contributed by atoms with E-state index in [0.29, 0.717) is 0 Å². The average molecular weight is 267 g/mol. The molecule has 2 unspecified atom stereocenters. The molecule has 1 saturated heterocycles. The van der Waals surface area contributed by atoms with Gasteiger partial charge in [-0.1, -0.05) is 0 Å². The summed E-state index contributed by atoms with van der Waals surface area (Å²) in [6.07, 6.45) is -2.41. The van der Waals surface area contributed by atoms with Gasteiger partial charge < -0.3 is 10.6 Å². The quantitative estimate of drug-likeness (QED) is 0.772. The molecule has 0 aliphatic carbocycles. The van der Waals surface area contributed by atoms with E-state index in [-0.39, 0.29) is 6.04 Å². The van der Waals surface area contributed by atoms with Crippen molar-refractivity contribution in [2.75, 3.05) is 26.7 Å². The Morgan fingerprint density at radius 1 is 1.50 bits per heavy atom. The molecule has 106 valence electrons. The summed E-state index contributed by atoms with van der Waals surface area (Å²) in [7, 11) is 1.82. The molecule has 1 aliphatic rings. The summed E-state index contributed by atoms with van der Waals surface area (Å²) in [5, 5.41) is 4.97. The molecule has 0 saturated carbocycles. The lowest BCUT2D eigenvalue weighted by atomic mass is 10.2. The third kappa shape index (κ3) is 4.45. The van der Waals surface area contributed by atoms with E-state index >= 15 is 0 Å². The number of halogens is 3. The predicted octanol–water partition coefficient (Wildman–Crippen LogP) is 0.737. The molecule has 1 heterocycles. The molecule has 4 nitrogen and oxygen atoms in total. The number of amides is 1. The van der Waals surface area contributed by atoms with Gasteiger partial charge in [0.15, 0.2) is 0 Å². The van der Waals surface area contributed by atoms with Crippen LogP contribution in [-0.4, -0.2) is 55.7 Å². The lowest BCUT2D eigenvalue weighted by Crippen LogP contribution is -2.50. The van der Waals surface area contributed by atoms with Crippen LogP contribution < -0.4 is 10.6 Å². The molecule has 18 heavy (non-hydrogen) atoms. The van der Waals surface area contributed by atoms with E-state index < -0.39 is 24.7 Å². The van der Waals surface area contributed by atoms with Gasteiger partial charge in [-0.05, 0) is 33.4 Å². The van der Waals surface area contributed by atoms with E-state index in [4.69, 9.17) is 0 Å². The van der Waals surface area contributed by atoms with Crippen molar-refractivity contribution in [1.29, 1.82) is 0 Å². The Balaban J connectivity index is 2.47. The monoisotopic (exact) mass is 267 g/mol. The fraction of sp³-hybridized carbons (Fsp3) is 0.909. The van der Waals surface area contributed by atoms with Crippen molar-refractivity contribution < 1.29 is 18.0 Å². The van der Waals surface area contributed by atoms with Gasteiger partial charge in [0, 0.05) is 12.6 Å². The van der Waals surface area contributed by atoms with E-state index in [1.807, 2.05) is 17.3 Å². The second-order valence-corrected chi connectivity index (χ2v) is 4.60. The summed E-state index contributed by atoms with van der Waals surface area (Å²) in [6.45, 7) is 1.89. The topological polar surface area (TPSA) is 44.4 Å². The first-order valence-electron chi connectivity index (χ1n) is 6.10. The fourth-order valence-corrected chi connectivity index (χ4v) is 2.31. The molecule has 1 rings (SSSR count). The molecule has 0 aromatic rings. The van der Waals surface area contributed by atoms with Crippen LogP contribution in [0, 0.1) is 0 Å². The van der Waals surface area contributed by atoms with Gasteiger partial charge in [0.05, 0.1) is 6.04 Å². The van der Waals surface area contributed by atoms with E-state index in [1.165, 1.54) is 0 Å². The Morgan fingerprint density at radius 2 is 2.17 bits per heavy atom. The van der Waals surface area contributed by atoms with Gasteiger partial charge in [-0.2, -0.15) is 13.2 Å². The first kappa shape index (κ1) is 15.2. The first-order chi connectivity index (χ1) is 8.35. The Kier molecular flexibility index (Phi) is 5.40. The largest absolute Gasteiger partial charge is 0.405 e. The lowest BCUT2D eigenvalue weighted by molar-refractivity contribution is -0.141. The molecule has 0 aromatic heterocycles. The SMILES string of the molecule is CNCC1CCCN1C(C)C(=O)NCC(F)(F)F. The molecule has 0 aromatic carbocycles. The van der Waals surface area contributed by atoms with Crippen molar-refractivity contribution in [3.8, 4) is 0 Å². The molecule has 2 N–H and O–H groups in total. The zero-order valence-corrected chi connectivity index (χ0v) is 10.7. The van der Waals surface area contributed by atoms with Gasteiger partial charge in [-0.15, -0.1) is 0 Å². The van der Waals surface area contributed by atoms with Crippen molar-refractivity contribution in [3.05, 3.63) is 0 Å². The highest BCUT2D eigenvalue weighted by Gasteiger charge is 2.33. The standard InChI is InChI=1S/C11H20F3N3O/c1-8(10(18)16-7-11(12,13)14)17-5-3-4-9(17)6-15-2/h8-9,15H,3-7H2,1-2H3,(H,16,18). The maximum atomic E-state index is 12.0. The number of carbonyl (C=O) groups is 1. The van der Waals surface area contributed by atoms with Crippen LogP contribution in [0.5, 0.6) is 0 Å². The molecule has 0 spiro atoms. The molecule has 0 bridgehead atoms. The summed E-state index contributed by atoms with van der Waals surface area (Å²) in [4.78, 5) is 13.6. The van der Waals surface area contributed by atoms with Gasteiger partial charge in [0.2, 0.25) is 5.91 Å². The highest BCUT2D eigenvalue weighted by molar-refractivity contribution is 5.81. The molecule has 1 fully saturated rings. The van der Waals surface area contributed by atoms with Gasteiger partial charge in [-0.25, -0.2) is 0 Å². The van der Waals surface area contributed by atoms with Crippen LogP contribution in [0.25, 0.3) is 0 Å². The van der Waals surface area contributed by atoms with E-state index in [1.54, 1.807) is 6.92 Å². The van der Waals surface area contributed by atoms with Crippen molar-refractivity contribution in [3.63, 3.8) is 0 Å². The van der Waals surface area contributed by atoms with Crippen LogP contribution >= 0.6 is 0 Å². The third-order valence-corrected chi connectivity index (χ3v) is 3.20. The number of carbonyl (C=O) groups excluding carboxylic acids is 1. The first-order valence-corrected chi connectivity index (χ1v) is 6.10. The number of likely N-dealkylation sites (N-methyl/N-ethyl adjacent to an activating group) is 1. The Morgan fingerprint density at radius 3 is 2.72 bits per heavy atom. The number of rotatable bonds is 5. The summed E-state index contributed by atoms with van der Waals surface area (Å²) < 4.78 is 36.0. The number of hydrogen-bond donors (Lipinski definition) is 2. The lowest BCUT2D eigenvalue weighted by Gasteiger charge is -2.29. The Bertz CT molecular complexity index is 283. The molecule has 0 radical (unpaired) electrons. The minimum absolute atomic E-state index is 0.224. The third-order valence-electron chi connectivity index (χ3n) is 3.20. The highest BCUT2D eigenvalue weighted by Crippen LogP contribution is 2.20. The minimum Gasteiger partial charge on any atom is -0.346 e.